The van der Waals surface area contributed by atoms with E-state index in [0.29, 0.717) is 12.1 Å². The zero-order chi connectivity index (χ0) is 21.4. The fourth-order valence-corrected chi connectivity index (χ4v) is 4.23. The van der Waals surface area contributed by atoms with Crippen LogP contribution in [0.2, 0.25) is 0 Å². The summed E-state index contributed by atoms with van der Waals surface area (Å²) >= 11 is 0. The zero-order valence-electron chi connectivity index (χ0n) is 16.8. The molecule has 1 fully saturated rings. The SMILES string of the molecule is C#CCNS(=O)(=O)c1ccc(C(=O)NCc2ccc(N3CCCCCC3)nc2)cc1. The number of benzene rings is 1. The van der Waals surface area contributed by atoms with Gasteiger partial charge >= 0.3 is 0 Å². The van der Waals surface area contributed by atoms with E-state index < -0.39 is 10.0 Å². The minimum Gasteiger partial charge on any atom is -0.357 e. The molecule has 1 saturated heterocycles. The van der Waals surface area contributed by atoms with E-state index in [1.165, 1.54) is 49.9 Å². The van der Waals surface area contributed by atoms with Crippen LogP contribution in [-0.4, -0.2) is 38.9 Å². The number of rotatable bonds is 7. The van der Waals surface area contributed by atoms with Gasteiger partial charge in [0.1, 0.15) is 5.82 Å². The Bertz CT molecular complexity index is 988. The highest BCUT2D eigenvalue weighted by Crippen LogP contribution is 2.17. The standard InChI is InChI=1S/C22H26N4O3S/c1-2-13-25-30(28,29)20-10-8-19(9-11-20)22(27)24-17-18-7-12-21(23-16-18)26-14-5-3-4-6-15-26/h1,7-12,16,25H,3-6,13-15,17H2,(H,24,27). The molecule has 0 saturated carbocycles. The minimum absolute atomic E-state index is 0.0580. The number of sulfonamides is 1. The molecule has 1 aromatic carbocycles. The number of anilines is 1. The van der Waals surface area contributed by atoms with Crippen molar-refractivity contribution < 1.29 is 13.2 Å². The summed E-state index contributed by atoms with van der Waals surface area (Å²) < 4.78 is 26.3. The Balaban J connectivity index is 1.55. The van der Waals surface area contributed by atoms with Gasteiger partial charge in [-0.05, 0) is 48.7 Å². The first kappa shape index (κ1) is 21.8. The average molecular weight is 427 g/mol. The number of nitrogens with zero attached hydrogens (tertiary/aromatic N) is 2. The summed E-state index contributed by atoms with van der Waals surface area (Å²) in [6.45, 7) is 2.32. The van der Waals surface area contributed by atoms with Crippen molar-refractivity contribution in [3.05, 3.63) is 53.7 Å². The first-order valence-electron chi connectivity index (χ1n) is 10.0. The zero-order valence-corrected chi connectivity index (χ0v) is 17.6. The summed E-state index contributed by atoms with van der Waals surface area (Å²) in [5.74, 6) is 2.91. The Labute approximate surface area is 177 Å². The van der Waals surface area contributed by atoms with Crippen LogP contribution in [-0.2, 0) is 16.6 Å². The monoisotopic (exact) mass is 426 g/mol. The second kappa shape index (κ2) is 10.2. The van der Waals surface area contributed by atoms with Crippen molar-refractivity contribution in [1.82, 2.24) is 15.0 Å². The average Bonchev–Trinajstić information content (AvgIpc) is 3.06. The summed E-state index contributed by atoms with van der Waals surface area (Å²) in [5.41, 5.74) is 1.28. The Morgan fingerprint density at radius 3 is 2.37 bits per heavy atom. The van der Waals surface area contributed by atoms with Crippen molar-refractivity contribution in [3.8, 4) is 12.3 Å². The number of hydrogen-bond donors (Lipinski definition) is 2. The fraction of sp³-hybridized carbons (Fsp3) is 0.364. The maximum atomic E-state index is 12.4. The van der Waals surface area contributed by atoms with Gasteiger partial charge in [0.25, 0.3) is 5.91 Å². The lowest BCUT2D eigenvalue weighted by molar-refractivity contribution is 0.0951. The molecule has 2 heterocycles. The van der Waals surface area contributed by atoms with E-state index in [1.54, 1.807) is 6.20 Å². The van der Waals surface area contributed by atoms with E-state index in [2.05, 4.69) is 25.8 Å². The number of pyridine rings is 1. The number of amides is 1. The maximum Gasteiger partial charge on any atom is 0.251 e. The van der Waals surface area contributed by atoms with Crippen molar-refractivity contribution in [2.75, 3.05) is 24.5 Å². The first-order chi connectivity index (χ1) is 14.5. The van der Waals surface area contributed by atoms with Crippen LogP contribution in [0, 0.1) is 12.3 Å². The van der Waals surface area contributed by atoms with E-state index in [9.17, 15) is 13.2 Å². The van der Waals surface area contributed by atoms with Gasteiger partial charge < -0.3 is 10.2 Å². The second-order valence-corrected chi connectivity index (χ2v) is 8.93. The molecular formula is C22H26N4O3S. The number of hydrogen-bond acceptors (Lipinski definition) is 5. The highest BCUT2D eigenvalue weighted by Gasteiger charge is 2.14. The van der Waals surface area contributed by atoms with Gasteiger partial charge in [0.15, 0.2) is 0 Å². The van der Waals surface area contributed by atoms with Crippen LogP contribution in [0.15, 0.2) is 47.5 Å². The molecule has 1 aromatic heterocycles. The van der Waals surface area contributed by atoms with Crippen molar-refractivity contribution in [3.63, 3.8) is 0 Å². The largest absolute Gasteiger partial charge is 0.357 e. The van der Waals surface area contributed by atoms with Gasteiger partial charge in [0.05, 0.1) is 11.4 Å². The third kappa shape index (κ3) is 5.81. The molecule has 3 rings (SSSR count). The Hall–Kier alpha value is -2.89. The number of nitrogens with one attached hydrogen (secondary N) is 2. The molecule has 0 radical (unpaired) electrons. The highest BCUT2D eigenvalue weighted by atomic mass is 32.2. The molecule has 1 amide bonds. The predicted molar refractivity (Wildman–Crippen MR) is 117 cm³/mol. The van der Waals surface area contributed by atoms with Gasteiger partial charge in [0.2, 0.25) is 10.0 Å². The molecule has 0 bridgehead atoms. The lowest BCUT2D eigenvalue weighted by Gasteiger charge is -2.21. The van der Waals surface area contributed by atoms with Crippen LogP contribution in [0.3, 0.4) is 0 Å². The van der Waals surface area contributed by atoms with Crippen molar-refractivity contribution in [1.29, 1.82) is 0 Å². The normalized spacial score (nSPS) is 14.6. The Kier molecular flexibility index (Phi) is 7.44. The summed E-state index contributed by atoms with van der Waals surface area (Å²) in [6.07, 6.45) is 11.8. The smallest absolute Gasteiger partial charge is 0.251 e. The molecule has 0 atom stereocenters. The molecule has 2 N–H and O–H groups in total. The molecule has 1 aliphatic heterocycles. The number of terminal acetylenes is 1. The molecule has 2 aromatic rings. The van der Waals surface area contributed by atoms with Crippen LogP contribution in [0.1, 0.15) is 41.6 Å². The van der Waals surface area contributed by atoms with E-state index in [4.69, 9.17) is 6.42 Å². The second-order valence-electron chi connectivity index (χ2n) is 7.16. The van der Waals surface area contributed by atoms with Gasteiger partial charge in [0, 0.05) is 31.4 Å². The highest BCUT2D eigenvalue weighted by molar-refractivity contribution is 7.89. The summed E-state index contributed by atoms with van der Waals surface area (Å²) in [6, 6.07) is 9.67. The first-order valence-corrected chi connectivity index (χ1v) is 11.5. The fourth-order valence-electron chi connectivity index (χ4n) is 3.30. The van der Waals surface area contributed by atoms with Gasteiger partial charge in [-0.25, -0.2) is 13.4 Å². The molecule has 0 aliphatic carbocycles. The van der Waals surface area contributed by atoms with E-state index in [0.717, 1.165) is 24.5 Å². The van der Waals surface area contributed by atoms with Crippen LogP contribution in [0.4, 0.5) is 5.82 Å². The Morgan fingerprint density at radius 2 is 1.77 bits per heavy atom. The van der Waals surface area contributed by atoms with Crippen LogP contribution < -0.4 is 14.9 Å². The lowest BCUT2D eigenvalue weighted by Crippen LogP contribution is -2.26. The quantitative estimate of drug-likeness (QED) is 0.663. The molecular weight excluding hydrogens is 400 g/mol. The van der Waals surface area contributed by atoms with Crippen LogP contribution in [0.5, 0.6) is 0 Å². The molecule has 0 unspecified atom stereocenters. The van der Waals surface area contributed by atoms with Crippen molar-refractivity contribution in [2.24, 2.45) is 0 Å². The van der Waals surface area contributed by atoms with Gasteiger partial charge in [-0.1, -0.05) is 24.8 Å². The third-order valence-corrected chi connectivity index (χ3v) is 6.40. The summed E-state index contributed by atoms with van der Waals surface area (Å²) in [7, 11) is -3.67. The topological polar surface area (TPSA) is 91.4 Å². The maximum absolute atomic E-state index is 12.4. The molecule has 8 heteroatoms. The number of carbonyl (C=O) groups excluding carboxylic acids is 1. The number of carbonyl (C=O) groups is 1. The predicted octanol–water partition coefficient (Wildman–Crippen LogP) is 2.30. The molecule has 0 spiro atoms. The number of aromatic nitrogens is 1. The molecule has 158 valence electrons. The lowest BCUT2D eigenvalue weighted by atomic mass is 10.2. The molecule has 30 heavy (non-hydrogen) atoms. The van der Waals surface area contributed by atoms with Crippen LogP contribution >= 0.6 is 0 Å². The van der Waals surface area contributed by atoms with Gasteiger partial charge in [-0.15, -0.1) is 6.42 Å². The van der Waals surface area contributed by atoms with E-state index in [-0.39, 0.29) is 17.3 Å². The minimum atomic E-state index is -3.67. The summed E-state index contributed by atoms with van der Waals surface area (Å²) in [5, 5.41) is 2.83. The van der Waals surface area contributed by atoms with E-state index >= 15 is 0 Å². The van der Waals surface area contributed by atoms with Crippen molar-refractivity contribution >= 4 is 21.7 Å². The van der Waals surface area contributed by atoms with Gasteiger partial charge in [-0.2, -0.15) is 4.72 Å². The van der Waals surface area contributed by atoms with Crippen LogP contribution in [0.25, 0.3) is 0 Å². The Morgan fingerprint density at radius 1 is 1.07 bits per heavy atom. The van der Waals surface area contributed by atoms with Crippen molar-refractivity contribution in [2.45, 2.75) is 37.1 Å². The molecule has 1 aliphatic rings. The molecule has 7 nitrogen and oxygen atoms in total. The third-order valence-electron chi connectivity index (χ3n) is 4.98. The van der Waals surface area contributed by atoms with Gasteiger partial charge in [-0.3, -0.25) is 4.79 Å². The summed E-state index contributed by atoms with van der Waals surface area (Å²) in [4.78, 5) is 19.3. The van der Waals surface area contributed by atoms with E-state index in [1.807, 2.05) is 12.1 Å².